The molecule has 7 heteroatoms. The molecule has 5 nitrogen and oxygen atoms in total. The van der Waals surface area contributed by atoms with E-state index in [2.05, 4.69) is 10.2 Å². The molecular formula is C21H23ClFN3O2. The predicted octanol–water partition coefficient (Wildman–Crippen LogP) is 4.04. The normalized spacial score (nSPS) is 14.3. The summed E-state index contributed by atoms with van der Waals surface area (Å²) < 4.78 is 13.1. The van der Waals surface area contributed by atoms with Crippen molar-refractivity contribution < 1.29 is 14.0 Å². The van der Waals surface area contributed by atoms with E-state index in [9.17, 15) is 14.0 Å². The van der Waals surface area contributed by atoms with Crippen molar-refractivity contribution in [2.75, 3.05) is 36.4 Å². The van der Waals surface area contributed by atoms with Crippen LogP contribution in [0.4, 0.5) is 15.8 Å². The van der Waals surface area contributed by atoms with Crippen molar-refractivity contribution in [3.05, 3.63) is 58.9 Å². The monoisotopic (exact) mass is 403 g/mol. The number of nitrogens with zero attached hydrogens (tertiary/aromatic N) is 2. The van der Waals surface area contributed by atoms with Gasteiger partial charge in [0.15, 0.2) is 0 Å². The molecule has 0 aromatic heterocycles. The largest absolute Gasteiger partial charge is 0.365 e. The lowest BCUT2D eigenvalue weighted by molar-refractivity contribution is -0.134. The first-order chi connectivity index (χ1) is 13.4. The van der Waals surface area contributed by atoms with Gasteiger partial charge in [-0.3, -0.25) is 9.59 Å². The third kappa shape index (κ3) is 4.44. The number of carbonyl (C=O) groups excluding carboxylic acids is 2. The van der Waals surface area contributed by atoms with Crippen molar-refractivity contribution in [1.29, 1.82) is 0 Å². The number of benzene rings is 2. The first-order valence-corrected chi connectivity index (χ1v) is 9.64. The second-order valence-electron chi connectivity index (χ2n) is 7.06. The van der Waals surface area contributed by atoms with Crippen molar-refractivity contribution in [1.82, 2.24) is 4.90 Å². The van der Waals surface area contributed by atoms with Crippen LogP contribution >= 0.6 is 11.6 Å². The minimum absolute atomic E-state index is 0.0302. The molecule has 1 N–H and O–H groups in total. The summed E-state index contributed by atoms with van der Waals surface area (Å²) in [5, 5.41) is 3.40. The molecule has 1 heterocycles. The van der Waals surface area contributed by atoms with Crippen molar-refractivity contribution in [3.63, 3.8) is 0 Å². The molecule has 0 radical (unpaired) electrons. The number of amides is 2. The van der Waals surface area contributed by atoms with Gasteiger partial charge in [-0.2, -0.15) is 0 Å². The van der Waals surface area contributed by atoms with E-state index >= 15 is 0 Å². The molecule has 148 valence electrons. The van der Waals surface area contributed by atoms with Crippen LogP contribution in [0.25, 0.3) is 0 Å². The predicted molar refractivity (Wildman–Crippen MR) is 109 cm³/mol. The van der Waals surface area contributed by atoms with Gasteiger partial charge in [-0.05, 0) is 36.4 Å². The van der Waals surface area contributed by atoms with E-state index in [0.717, 1.165) is 5.69 Å². The Bertz CT molecular complexity index is 862. The lowest BCUT2D eigenvalue weighted by Crippen LogP contribution is -2.50. The maximum absolute atomic E-state index is 13.1. The highest BCUT2D eigenvalue weighted by Gasteiger charge is 2.25. The molecule has 2 amide bonds. The highest BCUT2D eigenvalue weighted by Crippen LogP contribution is 2.35. The molecule has 0 atom stereocenters. The Morgan fingerprint density at radius 2 is 1.68 bits per heavy atom. The van der Waals surface area contributed by atoms with Crippen LogP contribution in [0.1, 0.15) is 24.2 Å². The van der Waals surface area contributed by atoms with Gasteiger partial charge < -0.3 is 15.1 Å². The maximum atomic E-state index is 13.1. The summed E-state index contributed by atoms with van der Waals surface area (Å²) in [7, 11) is 0. The van der Waals surface area contributed by atoms with Crippen LogP contribution in [0.3, 0.4) is 0 Å². The van der Waals surface area contributed by atoms with Crippen LogP contribution in [-0.4, -0.2) is 42.9 Å². The number of halogens is 2. The quantitative estimate of drug-likeness (QED) is 0.838. The summed E-state index contributed by atoms with van der Waals surface area (Å²) in [6.45, 7) is 6.25. The molecule has 1 aliphatic heterocycles. The number of hydrogen-bond donors (Lipinski definition) is 1. The molecule has 3 rings (SSSR count). The Kier molecular flexibility index (Phi) is 6.19. The zero-order valence-electron chi connectivity index (χ0n) is 15.9. The van der Waals surface area contributed by atoms with Gasteiger partial charge in [0.1, 0.15) is 5.82 Å². The average Bonchev–Trinajstić information content (AvgIpc) is 2.68. The van der Waals surface area contributed by atoms with Crippen molar-refractivity contribution >= 4 is 34.8 Å². The fourth-order valence-electron chi connectivity index (χ4n) is 3.25. The first kappa shape index (κ1) is 20.1. The fraction of sp³-hybridized carbons (Fsp3) is 0.333. The minimum Gasteiger partial charge on any atom is -0.365 e. The van der Waals surface area contributed by atoms with E-state index in [1.165, 1.54) is 24.3 Å². The second-order valence-corrected chi connectivity index (χ2v) is 7.47. The third-order valence-corrected chi connectivity index (χ3v) is 5.05. The van der Waals surface area contributed by atoms with E-state index in [-0.39, 0.29) is 17.7 Å². The lowest BCUT2D eigenvalue weighted by Gasteiger charge is -2.38. The second kappa shape index (κ2) is 8.61. The Morgan fingerprint density at radius 1 is 1.04 bits per heavy atom. The van der Waals surface area contributed by atoms with Crippen molar-refractivity contribution in [2.45, 2.75) is 13.8 Å². The van der Waals surface area contributed by atoms with Gasteiger partial charge in [-0.1, -0.05) is 31.5 Å². The van der Waals surface area contributed by atoms with Crippen molar-refractivity contribution in [2.24, 2.45) is 5.92 Å². The molecule has 2 aromatic rings. The molecule has 1 aliphatic rings. The summed E-state index contributed by atoms with van der Waals surface area (Å²) in [6.07, 6.45) is 0. The summed E-state index contributed by atoms with van der Waals surface area (Å²) >= 11 is 6.44. The summed E-state index contributed by atoms with van der Waals surface area (Å²) in [5.41, 5.74) is 1.68. The number of anilines is 2. The molecule has 0 saturated carbocycles. The van der Waals surface area contributed by atoms with Gasteiger partial charge in [0, 0.05) is 37.7 Å². The number of rotatable bonds is 4. The van der Waals surface area contributed by atoms with Crippen LogP contribution < -0.4 is 10.2 Å². The van der Waals surface area contributed by atoms with Crippen LogP contribution in [0.15, 0.2) is 42.5 Å². The van der Waals surface area contributed by atoms with Gasteiger partial charge >= 0.3 is 0 Å². The Hall–Kier alpha value is -2.60. The number of para-hydroxylation sites is 1. The Balaban J connectivity index is 1.77. The summed E-state index contributed by atoms with van der Waals surface area (Å²) in [5.74, 6) is -0.619. The molecule has 0 spiro atoms. The van der Waals surface area contributed by atoms with Gasteiger partial charge in [-0.25, -0.2) is 4.39 Å². The van der Waals surface area contributed by atoms with Crippen molar-refractivity contribution in [3.8, 4) is 0 Å². The number of piperazine rings is 1. The van der Waals surface area contributed by atoms with E-state index in [0.29, 0.717) is 42.5 Å². The molecule has 0 bridgehead atoms. The standard InChI is InChI=1S/C21H23ClFN3O2/c1-14(2)21(28)26-12-10-25(11-13-26)19-17(22)4-3-5-18(19)24-20(27)15-6-8-16(23)9-7-15/h3-9,14H,10-13H2,1-2H3,(H,24,27). The zero-order valence-corrected chi connectivity index (χ0v) is 16.7. The number of nitrogens with one attached hydrogen (secondary N) is 1. The highest BCUT2D eigenvalue weighted by atomic mass is 35.5. The summed E-state index contributed by atoms with van der Waals surface area (Å²) in [4.78, 5) is 28.7. The lowest BCUT2D eigenvalue weighted by atomic mass is 10.1. The Morgan fingerprint density at radius 3 is 2.29 bits per heavy atom. The van der Waals surface area contributed by atoms with E-state index < -0.39 is 5.82 Å². The van der Waals surface area contributed by atoms with Crippen LogP contribution in [0, 0.1) is 11.7 Å². The van der Waals surface area contributed by atoms with Crippen LogP contribution in [0.2, 0.25) is 5.02 Å². The number of carbonyl (C=O) groups is 2. The van der Waals surface area contributed by atoms with Crippen LogP contribution in [-0.2, 0) is 4.79 Å². The topological polar surface area (TPSA) is 52.7 Å². The maximum Gasteiger partial charge on any atom is 0.255 e. The zero-order chi connectivity index (χ0) is 20.3. The average molecular weight is 404 g/mol. The van der Waals surface area contributed by atoms with Gasteiger partial charge in [0.05, 0.1) is 16.4 Å². The SMILES string of the molecule is CC(C)C(=O)N1CCN(c2c(Cl)cccc2NC(=O)c2ccc(F)cc2)CC1. The minimum atomic E-state index is -0.395. The summed E-state index contributed by atoms with van der Waals surface area (Å²) in [6, 6.07) is 10.7. The molecule has 28 heavy (non-hydrogen) atoms. The van der Waals surface area contributed by atoms with Gasteiger partial charge in [-0.15, -0.1) is 0 Å². The molecular weight excluding hydrogens is 381 g/mol. The van der Waals surface area contributed by atoms with E-state index in [1.807, 2.05) is 18.7 Å². The van der Waals surface area contributed by atoms with Crippen LogP contribution in [0.5, 0.6) is 0 Å². The molecule has 0 aliphatic carbocycles. The first-order valence-electron chi connectivity index (χ1n) is 9.26. The molecule has 2 aromatic carbocycles. The highest BCUT2D eigenvalue weighted by molar-refractivity contribution is 6.34. The molecule has 0 unspecified atom stereocenters. The van der Waals surface area contributed by atoms with Gasteiger partial charge in [0.25, 0.3) is 5.91 Å². The van der Waals surface area contributed by atoms with Gasteiger partial charge in [0.2, 0.25) is 5.91 Å². The number of hydrogen-bond acceptors (Lipinski definition) is 3. The van der Waals surface area contributed by atoms with E-state index in [4.69, 9.17) is 11.6 Å². The molecule has 1 fully saturated rings. The smallest absolute Gasteiger partial charge is 0.255 e. The molecule has 1 saturated heterocycles. The third-order valence-electron chi connectivity index (χ3n) is 4.74. The fourth-order valence-corrected chi connectivity index (χ4v) is 3.54. The van der Waals surface area contributed by atoms with E-state index in [1.54, 1.807) is 18.2 Å². The Labute approximate surface area is 169 Å².